The number of hydrogen-bond donors (Lipinski definition) is 0. The molecule has 2 rings (SSSR count). The molecule has 0 N–H and O–H groups in total. The average Bonchev–Trinajstić information content (AvgIpc) is 2.73. The Balaban J connectivity index is 2.01. The first-order valence-electron chi connectivity index (χ1n) is 5.58. The first-order chi connectivity index (χ1) is 6.72. The Hall–Kier alpha value is -0.193. The third-order valence-electron chi connectivity index (χ3n) is 3.86. The SMILES string of the molecule is CC(C)(C)[Si](C)(C)OC1CC(=O)C2OC12. The molecule has 15 heavy (non-hydrogen) atoms. The summed E-state index contributed by atoms with van der Waals surface area (Å²) < 4.78 is 11.5. The summed E-state index contributed by atoms with van der Waals surface area (Å²) in [5, 5.41) is 0.197. The molecule has 0 aromatic heterocycles. The van der Waals surface area contributed by atoms with E-state index in [2.05, 4.69) is 33.9 Å². The number of carbonyl (C=O) groups is 1. The van der Waals surface area contributed by atoms with E-state index in [0.29, 0.717) is 6.42 Å². The summed E-state index contributed by atoms with van der Waals surface area (Å²) in [5.74, 6) is 0.226. The predicted octanol–water partition coefficient (Wildman–Crippen LogP) is 2.12. The molecule has 1 heterocycles. The number of hydrogen-bond acceptors (Lipinski definition) is 3. The minimum Gasteiger partial charge on any atom is -0.411 e. The third kappa shape index (κ3) is 1.90. The van der Waals surface area contributed by atoms with E-state index < -0.39 is 8.32 Å². The van der Waals surface area contributed by atoms with E-state index in [1.165, 1.54) is 0 Å². The predicted molar refractivity (Wildman–Crippen MR) is 60.4 cm³/mol. The van der Waals surface area contributed by atoms with Crippen LogP contribution >= 0.6 is 0 Å². The lowest BCUT2D eigenvalue weighted by atomic mass is 10.2. The van der Waals surface area contributed by atoms with Gasteiger partial charge in [0.1, 0.15) is 12.2 Å². The first kappa shape index (κ1) is 11.3. The van der Waals surface area contributed by atoms with Crippen molar-refractivity contribution in [1.82, 2.24) is 0 Å². The van der Waals surface area contributed by atoms with E-state index in [-0.39, 0.29) is 29.1 Å². The summed E-state index contributed by atoms with van der Waals surface area (Å²) in [4.78, 5) is 11.4. The van der Waals surface area contributed by atoms with Crippen LogP contribution in [0.4, 0.5) is 0 Å². The zero-order valence-corrected chi connectivity index (χ0v) is 11.2. The van der Waals surface area contributed by atoms with Gasteiger partial charge in [0.15, 0.2) is 14.1 Å². The van der Waals surface area contributed by atoms with Crippen molar-refractivity contribution in [3.05, 3.63) is 0 Å². The van der Waals surface area contributed by atoms with Crippen molar-refractivity contribution in [3.8, 4) is 0 Å². The summed E-state index contributed by atoms with van der Waals surface area (Å²) in [5.41, 5.74) is 0. The van der Waals surface area contributed by atoms with Crippen LogP contribution < -0.4 is 0 Å². The summed E-state index contributed by atoms with van der Waals surface area (Å²) in [6, 6.07) is 0. The monoisotopic (exact) mass is 228 g/mol. The van der Waals surface area contributed by atoms with Crippen molar-refractivity contribution in [2.24, 2.45) is 0 Å². The zero-order chi connectivity index (χ0) is 11.4. The molecule has 0 radical (unpaired) electrons. The summed E-state index contributed by atoms with van der Waals surface area (Å²) in [6.07, 6.45) is 0.539. The highest BCUT2D eigenvalue weighted by molar-refractivity contribution is 6.74. The summed E-state index contributed by atoms with van der Waals surface area (Å²) in [6.45, 7) is 11.1. The molecule has 0 bridgehead atoms. The molecule has 1 aliphatic heterocycles. The van der Waals surface area contributed by atoms with E-state index >= 15 is 0 Å². The normalized spacial score (nSPS) is 35.5. The highest BCUT2D eigenvalue weighted by atomic mass is 28.4. The van der Waals surface area contributed by atoms with E-state index in [9.17, 15) is 4.79 Å². The van der Waals surface area contributed by atoms with Gasteiger partial charge in [-0.05, 0) is 18.1 Å². The summed E-state index contributed by atoms with van der Waals surface area (Å²) >= 11 is 0. The molecule has 3 unspecified atom stereocenters. The van der Waals surface area contributed by atoms with Crippen molar-refractivity contribution in [2.45, 2.75) is 63.6 Å². The molecule has 0 aromatic carbocycles. The lowest BCUT2D eigenvalue weighted by Crippen LogP contribution is -2.44. The van der Waals surface area contributed by atoms with Crippen LogP contribution in [0.25, 0.3) is 0 Å². The standard InChI is InChI=1S/C11H20O3Si/c1-11(2,3)15(4,5)14-8-6-7(12)9-10(8)13-9/h8-10H,6H2,1-5H3. The van der Waals surface area contributed by atoms with E-state index in [4.69, 9.17) is 9.16 Å². The minimum atomic E-state index is -1.75. The van der Waals surface area contributed by atoms with E-state index in [0.717, 1.165) is 0 Å². The Kier molecular flexibility index (Phi) is 2.37. The maximum Gasteiger partial charge on any atom is 0.192 e. The smallest absolute Gasteiger partial charge is 0.192 e. The van der Waals surface area contributed by atoms with Crippen molar-refractivity contribution in [1.29, 1.82) is 0 Å². The molecular formula is C11H20O3Si. The fraction of sp³-hybridized carbons (Fsp3) is 0.909. The zero-order valence-electron chi connectivity index (χ0n) is 10.2. The number of ether oxygens (including phenoxy) is 1. The quantitative estimate of drug-likeness (QED) is 0.537. The Morgan fingerprint density at radius 2 is 2.00 bits per heavy atom. The van der Waals surface area contributed by atoms with Gasteiger partial charge in [0.05, 0.1) is 6.10 Å². The van der Waals surface area contributed by atoms with Crippen LogP contribution in [-0.2, 0) is 14.0 Å². The van der Waals surface area contributed by atoms with Crippen molar-refractivity contribution < 1.29 is 14.0 Å². The van der Waals surface area contributed by atoms with Crippen molar-refractivity contribution >= 4 is 14.1 Å². The lowest BCUT2D eigenvalue weighted by molar-refractivity contribution is -0.121. The van der Waals surface area contributed by atoms with Gasteiger partial charge in [-0.2, -0.15) is 0 Å². The van der Waals surface area contributed by atoms with Gasteiger partial charge in [-0.15, -0.1) is 0 Å². The van der Waals surface area contributed by atoms with Crippen LogP contribution in [0.3, 0.4) is 0 Å². The molecule has 4 heteroatoms. The number of ketones is 1. The Bertz CT molecular complexity index is 293. The molecule has 0 aromatic rings. The molecular weight excluding hydrogens is 208 g/mol. The van der Waals surface area contributed by atoms with Crippen LogP contribution in [0.5, 0.6) is 0 Å². The van der Waals surface area contributed by atoms with Crippen LogP contribution in [0.15, 0.2) is 0 Å². The van der Waals surface area contributed by atoms with Crippen molar-refractivity contribution in [3.63, 3.8) is 0 Å². The molecule has 1 saturated carbocycles. The highest BCUT2D eigenvalue weighted by Gasteiger charge is 2.58. The molecule has 3 nitrogen and oxygen atoms in total. The van der Waals surface area contributed by atoms with Crippen LogP contribution in [0.2, 0.25) is 18.1 Å². The second-order valence-electron chi connectivity index (χ2n) is 6.11. The lowest BCUT2D eigenvalue weighted by Gasteiger charge is -2.38. The van der Waals surface area contributed by atoms with Crippen molar-refractivity contribution in [2.75, 3.05) is 0 Å². The number of rotatable bonds is 2. The Morgan fingerprint density at radius 1 is 1.40 bits per heavy atom. The molecule has 86 valence electrons. The van der Waals surface area contributed by atoms with Gasteiger partial charge >= 0.3 is 0 Å². The van der Waals surface area contributed by atoms with Crippen LogP contribution in [0, 0.1) is 0 Å². The van der Waals surface area contributed by atoms with Crippen LogP contribution in [-0.4, -0.2) is 32.4 Å². The van der Waals surface area contributed by atoms with Gasteiger partial charge in [0.2, 0.25) is 0 Å². The fourth-order valence-electron chi connectivity index (χ4n) is 1.76. The molecule has 2 fully saturated rings. The van der Waals surface area contributed by atoms with Gasteiger partial charge in [0, 0.05) is 6.42 Å². The largest absolute Gasteiger partial charge is 0.411 e. The molecule has 3 atom stereocenters. The molecule has 2 aliphatic rings. The van der Waals surface area contributed by atoms with Crippen LogP contribution in [0.1, 0.15) is 27.2 Å². The molecule has 0 amide bonds. The number of carbonyl (C=O) groups excluding carboxylic acids is 1. The van der Waals surface area contributed by atoms with E-state index in [1.807, 2.05) is 0 Å². The topological polar surface area (TPSA) is 38.8 Å². The first-order valence-corrected chi connectivity index (χ1v) is 8.49. The molecule has 0 spiro atoms. The van der Waals surface area contributed by atoms with Gasteiger partial charge in [-0.3, -0.25) is 4.79 Å². The second kappa shape index (κ2) is 3.15. The number of Topliss-reactive ketones (excluding diaryl/α,β-unsaturated/α-hetero) is 1. The molecule has 1 aliphatic carbocycles. The van der Waals surface area contributed by atoms with Gasteiger partial charge in [-0.1, -0.05) is 20.8 Å². The van der Waals surface area contributed by atoms with E-state index in [1.54, 1.807) is 0 Å². The number of epoxide rings is 1. The van der Waals surface area contributed by atoms with Gasteiger partial charge in [0.25, 0.3) is 0 Å². The fourth-order valence-corrected chi connectivity index (χ4v) is 3.09. The minimum absolute atomic E-state index is 0.0309. The van der Waals surface area contributed by atoms with Gasteiger partial charge in [-0.25, -0.2) is 0 Å². The van der Waals surface area contributed by atoms with Gasteiger partial charge < -0.3 is 9.16 Å². The summed E-state index contributed by atoms with van der Waals surface area (Å²) in [7, 11) is -1.75. The Morgan fingerprint density at radius 3 is 2.33 bits per heavy atom. The maximum absolute atomic E-state index is 11.4. The maximum atomic E-state index is 11.4. The number of fused-ring (bicyclic) bond motifs is 1. The average molecular weight is 228 g/mol. The third-order valence-corrected chi connectivity index (χ3v) is 8.37. The second-order valence-corrected chi connectivity index (χ2v) is 10.9. The molecule has 1 saturated heterocycles. The highest BCUT2D eigenvalue weighted by Crippen LogP contribution is 2.43. The Labute approximate surface area is 92.3 Å².